The van der Waals surface area contributed by atoms with E-state index in [-0.39, 0.29) is 36.2 Å². The van der Waals surface area contributed by atoms with Crippen molar-refractivity contribution in [2.75, 3.05) is 23.3 Å². The summed E-state index contributed by atoms with van der Waals surface area (Å²) in [7, 11) is -3.56. The van der Waals surface area contributed by atoms with E-state index in [1.165, 1.54) is 53.4 Å². The minimum Gasteiger partial charge on any atom is -0.326 e. The van der Waals surface area contributed by atoms with Gasteiger partial charge >= 0.3 is 0 Å². The first-order valence-electron chi connectivity index (χ1n) is 8.76. The Morgan fingerprint density at radius 2 is 1.79 bits per heavy atom. The summed E-state index contributed by atoms with van der Waals surface area (Å²) < 4.78 is 39.3. The molecule has 0 aromatic heterocycles. The molecule has 1 aliphatic rings. The fourth-order valence-electron chi connectivity index (χ4n) is 2.99. The molecule has 9 heteroatoms. The van der Waals surface area contributed by atoms with Gasteiger partial charge in [0.15, 0.2) is 0 Å². The van der Waals surface area contributed by atoms with Crippen molar-refractivity contribution in [3.8, 4) is 0 Å². The van der Waals surface area contributed by atoms with Crippen molar-refractivity contribution in [3.63, 3.8) is 0 Å². The second kappa shape index (κ2) is 8.07. The Balaban J connectivity index is 1.65. The molecule has 1 fully saturated rings. The Bertz CT molecular complexity index is 975. The highest BCUT2D eigenvalue weighted by atomic mass is 32.2. The molecule has 0 saturated carbocycles. The molecule has 2 aromatic carbocycles. The smallest absolute Gasteiger partial charge is 0.240 e. The molecule has 1 saturated heterocycles. The minimum absolute atomic E-state index is 0.0517. The lowest BCUT2D eigenvalue weighted by Gasteiger charge is -2.16. The number of carbonyl (C=O) groups excluding carboxylic acids is 2. The van der Waals surface area contributed by atoms with Crippen LogP contribution < -0.4 is 14.9 Å². The van der Waals surface area contributed by atoms with E-state index < -0.39 is 21.8 Å². The molecule has 3 rings (SSSR count). The molecule has 7 nitrogen and oxygen atoms in total. The lowest BCUT2D eigenvalue weighted by molar-refractivity contribution is -0.122. The Kier molecular flexibility index (Phi) is 5.76. The average molecular weight is 405 g/mol. The van der Waals surface area contributed by atoms with Crippen molar-refractivity contribution in [1.29, 1.82) is 0 Å². The maximum absolute atomic E-state index is 13.1. The topological polar surface area (TPSA) is 95.6 Å². The van der Waals surface area contributed by atoms with Crippen LogP contribution in [0.4, 0.5) is 15.8 Å². The summed E-state index contributed by atoms with van der Waals surface area (Å²) in [4.78, 5) is 26.3. The number of anilines is 2. The highest BCUT2D eigenvalue weighted by Gasteiger charge is 2.35. The number of benzene rings is 2. The maximum atomic E-state index is 13.1. The van der Waals surface area contributed by atoms with E-state index in [1.54, 1.807) is 6.92 Å². The van der Waals surface area contributed by atoms with E-state index in [9.17, 15) is 22.4 Å². The fraction of sp³-hybridized carbons (Fsp3) is 0.263. The number of hydrogen-bond donors (Lipinski definition) is 2. The number of carbonyl (C=O) groups is 2. The maximum Gasteiger partial charge on any atom is 0.240 e. The zero-order chi connectivity index (χ0) is 20.3. The van der Waals surface area contributed by atoms with Crippen LogP contribution >= 0.6 is 0 Å². The lowest BCUT2D eigenvalue weighted by atomic mass is 10.1. The molecule has 1 heterocycles. The van der Waals surface area contributed by atoms with Gasteiger partial charge in [-0.2, -0.15) is 0 Å². The van der Waals surface area contributed by atoms with Crippen molar-refractivity contribution in [2.45, 2.75) is 18.2 Å². The molecule has 2 amide bonds. The van der Waals surface area contributed by atoms with Crippen molar-refractivity contribution >= 4 is 33.2 Å². The lowest BCUT2D eigenvalue weighted by Crippen LogP contribution is -2.28. The number of sulfonamides is 1. The second-order valence-corrected chi connectivity index (χ2v) is 8.16. The largest absolute Gasteiger partial charge is 0.326 e. The summed E-state index contributed by atoms with van der Waals surface area (Å²) in [5.41, 5.74) is 0.979. The van der Waals surface area contributed by atoms with Gasteiger partial charge < -0.3 is 10.2 Å². The molecule has 2 aromatic rings. The van der Waals surface area contributed by atoms with Gasteiger partial charge in [-0.3, -0.25) is 9.59 Å². The predicted octanol–water partition coefficient (Wildman–Crippen LogP) is 2.12. The zero-order valence-electron chi connectivity index (χ0n) is 15.2. The monoisotopic (exact) mass is 405 g/mol. The number of rotatable bonds is 6. The van der Waals surface area contributed by atoms with Gasteiger partial charge in [-0.15, -0.1) is 0 Å². The normalized spacial score (nSPS) is 17.0. The van der Waals surface area contributed by atoms with Crippen molar-refractivity contribution in [3.05, 3.63) is 54.3 Å². The van der Waals surface area contributed by atoms with Crippen LogP contribution in [0.15, 0.2) is 53.4 Å². The Morgan fingerprint density at radius 3 is 2.39 bits per heavy atom. The van der Waals surface area contributed by atoms with Crippen LogP contribution in [0.1, 0.15) is 13.3 Å². The number of amides is 2. The Labute approximate surface area is 162 Å². The van der Waals surface area contributed by atoms with E-state index >= 15 is 0 Å². The third-order valence-corrected chi connectivity index (χ3v) is 5.96. The molecular weight excluding hydrogens is 385 g/mol. The second-order valence-electron chi connectivity index (χ2n) is 6.40. The number of nitrogens with zero attached hydrogens (tertiary/aromatic N) is 1. The summed E-state index contributed by atoms with van der Waals surface area (Å²) in [6.45, 7) is 2.16. The van der Waals surface area contributed by atoms with Crippen molar-refractivity contribution in [1.82, 2.24) is 4.72 Å². The van der Waals surface area contributed by atoms with Crippen LogP contribution in [-0.4, -0.2) is 33.3 Å². The highest BCUT2D eigenvalue weighted by molar-refractivity contribution is 7.89. The molecule has 28 heavy (non-hydrogen) atoms. The summed E-state index contributed by atoms with van der Waals surface area (Å²) in [5.74, 6) is -1.49. The third-order valence-electron chi connectivity index (χ3n) is 4.40. The van der Waals surface area contributed by atoms with E-state index in [0.717, 1.165) is 0 Å². The first-order chi connectivity index (χ1) is 13.3. The molecule has 0 aliphatic carbocycles. The van der Waals surface area contributed by atoms with E-state index in [0.29, 0.717) is 11.4 Å². The summed E-state index contributed by atoms with van der Waals surface area (Å²) in [6.07, 6.45) is 0.0517. The van der Waals surface area contributed by atoms with E-state index in [4.69, 9.17) is 0 Å². The fourth-order valence-corrected chi connectivity index (χ4v) is 4.03. The quantitative estimate of drug-likeness (QED) is 0.770. The van der Waals surface area contributed by atoms with E-state index in [1.807, 2.05) is 0 Å². The Hall–Kier alpha value is -2.78. The van der Waals surface area contributed by atoms with Gasteiger partial charge in [-0.25, -0.2) is 17.5 Å². The molecule has 2 N–H and O–H groups in total. The van der Waals surface area contributed by atoms with Crippen molar-refractivity contribution < 1.29 is 22.4 Å². The van der Waals surface area contributed by atoms with Crippen LogP contribution in [0.5, 0.6) is 0 Å². The molecule has 0 unspecified atom stereocenters. The number of halogens is 1. The van der Waals surface area contributed by atoms with Crippen molar-refractivity contribution in [2.24, 2.45) is 5.92 Å². The van der Waals surface area contributed by atoms with Gasteiger partial charge in [-0.1, -0.05) is 6.92 Å². The molecule has 0 bridgehead atoms. The summed E-state index contributed by atoms with van der Waals surface area (Å²) >= 11 is 0. The van der Waals surface area contributed by atoms with Gasteiger partial charge in [0.05, 0.1) is 10.8 Å². The first kappa shape index (κ1) is 20.0. The van der Waals surface area contributed by atoms with Gasteiger partial charge in [-0.05, 0) is 48.5 Å². The molecular formula is C19H20FN3O4S. The number of nitrogens with one attached hydrogen (secondary N) is 2. The van der Waals surface area contributed by atoms with Gasteiger partial charge in [0.25, 0.3) is 0 Å². The standard InChI is InChI=1S/C19H20FN3O4S/c1-2-21-28(26,27)17-9-5-15(6-10-17)22-19(25)13-11-18(24)23(12-13)16-7-3-14(20)4-8-16/h3-10,13,21H,2,11-12H2,1H3,(H,22,25)/t13-/m0/s1. The first-order valence-corrected chi connectivity index (χ1v) is 10.2. The third kappa shape index (κ3) is 4.37. The van der Waals surface area contributed by atoms with Crippen LogP contribution in [-0.2, 0) is 19.6 Å². The Morgan fingerprint density at radius 1 is 1.14 bits per heavy atom. The SMILES string of the molecule is CCNS(=O)(=O)c1ccc(NC(=O)[C@H]2CC(=O)N(c3ccc(F)cc3)C2)cc1. The molecule has 0 radical (unpaired) electrons. The van der Waals surface area contributed by atoms with Gasteiger partial charge in [0, 0.05) is 30.9 Å². The molecule has 1 aliphatic heterocycles. The predicted molar refractivity (Wildman–Crippen MR) is 103 cm³/mol. The summed E-state index contributed by atoms with van der Waals surface area (Å²) in [5, 5.41) is 2.70. The summed E-state index contributed by atoms with van der Waals surface area (Å²) in [6, 6.07) is 11.3. The molecule has 148 valence electrons. The van der Waals surface area contributed by atoms with Gasteiger partial charge in [0.1, 0.15) is 5.82 Å². The van der Waals surface area contributed by atoms with E-state index in [2.05, 4.69) is 10.0 Å². The van der Waals surface area contributed by atoms with Crippen LogP contribution in [0.2, 0.25) is 0 Å². The minimum atomic E-state index is -3.56. The zero-order valence-corrected chi connectivity index (χ0v) is 16.0. The average Bonchev–Trinajstić information content (AvgIpc) is 3.05. The van der Waals surface area contributed by atoms with Crippen LogP contribution in [0, 0.1) is 11.7 Å². The molecule has 1 atom stereocenters. The highest BCUT2D eigenvalue weighted by Crippen LogP contribution is 2.26. The number of hydrogen-bond acceptors (Lipinski definition) is 4. The van der Waals surface area contributed by atoms with Gasteiger partial charge in [0.2, 0.25) is 21.8 Å². The van der Waals surface area contributed by atoms with Crippen LogP contribution in [0.25, 0.3) is 0 Å². The van der Waals surface area contributed by atoms with Crippen LogP contribution in [0.3, 0.4) is 0 Å². The molecule has 0 spiro atoms.